The second-order valence-electron chi connectivity index (χ2n) is 4.21. The van der Waals surface area contributed by atoms with Crippen LogP contribution in [0.3, 0.4) is 0 Å². The maximum absolute atomic E-state index is 12.2. The number of anilines is 1. The van der Waals surface area contributed by atoms with Crippen molar-refractivity contribution >= 4 is 44.8 Å². The molecule has 1 heterocycles. The number of carbonyl (C=O) groups excluding carboxylic acids is 1. The highest BCUT2D eigenvalue weighted by Crippen LogP contribution is 2.27. The van der Waals surface area contributed by atoms with Crippen molar-refractivity contribution in [2.75, 3.05) is 5.32 Å². The lowest BCUT2D eigenvalue weighted by Crippen LogP contribution is -2.16. The van der Waals surface area contributed by atoms with Gasteiger partial charge in [0.1, 0.15) is 10.7 Å². The van der Waals surface area contributed by atoms with Gasteiger partial charge in [-0.05, 0) is 41.1 Å². The van der Waals surface area contributed by atoms with Gasteiger partial charge in [-0.25, -0.2) is 0 Å². The number of nitro benzene ring substituents is 1. The van der Waals surface area contributed by atoms with Crippen LogP contribution >= 0.6 is 27.5 Å². The molecule has 1 amide bonds. The van der Waals surface area contributed by atoms with Gasteiger partial charge in [0.2, 0.25) is 0 Å². The van der Waals surface area contributed by atoms with Crippen molar-refractivity contribution in [1.82, 2.24) is 4.57 Å². The number of aromatic nitrogens is 1. The van der Waals surface area contributed by atoms with Crippen molar-refractivity contribution in [3.63, 3.8) is 0 Å². The van der Waals surface area contributed by atoms with E-state index in [1.165, 1.54) is 18.2 Å². The lowest BCUT2D eigenvalue weighted by atomic mass is 10.2. The summed E-state index contributed by atoms with van der Waals surface area (Å²) >= 11 is 9.13. The highest BCUT2D eigenvalue weighted by atomic mass is 79.9. The minimum Gasteiger partial charge on any atom is -0.343 e. The average molecular weight is 373 g/mol. The van der Waals surface area contributed by atoms with E-state index in [9.17, 15) is 14.9 Å². The summed E-state index contributed by atoms with van der Waals surface area (Å²) in [6.07, 6.45) is 1.80. The van der Waals surface area contributed by atoms with E-state index in [-0.39, 0.29) is 16.6 Å². The number of nitrogens with zero attached hydrogens (tertiary/aromatic N) is 2. The van der Waals surface area contributed by atoms with Crippen molar-refractivity contribution in [3.8, 4) is 0 Å². The van der Waals surface area contributed by atoms with Crippen molar-refractivity contribution in [3.05, 3.63) is 55.8 Å². The molecule has 0 atom stereocenters. The lowest BCUT2D eigenvalue weighted by molar-refractivity contribution is -0.384. The number of nitro groups is 1. The summed E-state index contributed by atoms with van der Waals surface area (Å²) in [7, 11) is 0. The van der Waals surface area contributed by atoms with Crippen molar-refractivity contribution in [1.29, 1.82) is 0 Å². The van der Waals surface area contributed by atoms with Crippen molar-refractivity contribution < 1.29 is 9.72 Å². The molecule has 0 aliphatic carbocycles. The first-order valence-electron chi connectivity index (χ1n) is 6.03. The van der Waals surface area contributed by atoms with Crippen LogP contribution in [0.4, 0.5) is 11.4 Å². The number of aryl methyl sites for hydroxylation is 1. The third-order valence-corrected chi connectivity index (χ3v) is 3.58. The highest BCUT2D eigenvalue weighted by molar-refractivity contribution is 9.10. The van der Waals surface area contributed by atoms with Gasteiger partial charge in [-0.15, -0.1) is 0 Å². The Morgan fingerprint density at radius 2 is 2.19 bits per heavy atom. The Hall–Kier alpha value is -1.86. The fourth-order valence-electron chi connectivity index (χ4n) is 1.85. The summed E-state index contributed by atoms with van der Waals surface area (Å²) in [5, 5.41) is 13.3. The summed E-state index contributed by atoms with van der Waals surface area (Å²) < 4.78 is 2.59. The molecule has 21 heavy (non-hydrogen) atoms. The second-order valence-corrected chi connectivity index (χ2v) is 5.53. The molecule has 0 aliphatic heterocycles. The van der Waals surface area contributed by atoms with Crippen LogP contribution < -0.4 is 5.32 Å². The lowest BCUT2D eigenvalue weighted by Gasteiger charge is -2.08. The third kappa shape index (κ3) is 3.43. The van der Waals surface area contributed by atoms with Gasteiger partial charge < -0.3 is 9.88 Å². The van der Waals surface area contributed by atoms with E-state index in [1.54, 1.807) is 16.8 Å². The predicted molar refractivity (Wildman–Crippen MR) is 83.9 cm³/mol. The Morgan fingerprint density at radius 3 is 2.76 bits per heavy atom. The van der Waals surface area contributed by atoms with Crippen LogP contribution in [0, 0.1) is 10.1 Å². The van der Waals surface area contributed by atoms with E-state index >= 15 is 0 Å². The predicted octanol–water partition coefficient (Wildman–Crippen LogP) is 4.08. The quantitative estimate of drug-likeness (QED) is 0.649. The van der Waals surface area contributed by atoms with Crippen LogP contribution in [0.1, 0.15) is 17.4 Å². The molecular weight excluding hydrogens is 362 g/mol. The molecule has 0 bridgehead atoms. The minimum atomic E-state index is -0.576. The molecule has 2 aromatic rings. The first-order valence-corrected chi connectivity index (χ1v) is 7.20. The molecule has 1 aromatic carbocycles. The zero-order chi connectivity index (χ0) is 15.6. The van der Waals surface area contributed by atoms with Gasteiger partial charge in [0.15, 0.2) is 0 Å². The van der Waals surface area contributed by atoms with E-state index < -0.39 is 4.92 Å². The van der Waals surface area contributed by atoms with Crippen molar-refractivity contribution in [2.45, 2.75) is 13.5 Å². The molecule has 0 spiro atoms. The summed E-state index contributed by atoms with van der Waals surface area (Å²) in [5.74, 6) is -0.313. The molecule has 0 unspecified atom stereocenters. The van der Waals surface area contributed by atoms with Crippen molar-refractivity contribution in [2.24, 2.45) is 0 Å². The van der Waals surface area contributed by atoms with Crippen LogP contribution in [0.25, 0.3) is 0 Å². The molecule has 0 saturated carbocycles. The van der Waals surface area contributed by atoms with E-state index in [1.807, 2.05) is 6.92 Å². The fourth-order valence-corrected chi connectivity index (χ4v) is 2.57. The van der Waals surface area contributed by atoms with Gasteiger partial charge in [0.05, 0.1) is 4.92 Å². The molecular formula is C13H11BrClN3O3. The van der Waals surface area contributed by atoms with E-state index in [0.29, 0.717) is 17.9 Å². The molecule has 8 heteroatoms. The number of halogens is 2. The molecule has 0 fully saturated rings. The normalized spacial score (nSPS) is 10.4. The Labute approximate surface area is 134 Å². The molecule has 6 nitrogen and oxygen atoms in total. The average Bonchev–Trinajstić information content (AvgIpc) is 2.79. The van der Waals surface area contributed by atoms with Gasteiger partial charge in [-0.1, -0.05) is 11.6 Å². The van der Waals surface area contributed by atoms with E-state index in [2.05, 4.69) is 21.2 Å². The summed E-state index contributed by atoms with van der Waals surface area (Å²) in [6, 6.07) is 5.75. The van der Waals surface area contributed by atoms with Crippen LogP contribution in [0.5, 0.6) is 0 Å². The number of hydrogen-bond acceptors (Lipinski definition) is 3. The third-order valence-electron chi connectivity index (χ3n) is 2.84. The maximum Gasteiger partial charge on any atom is 0.288 e. The van der Waals surface area contributed by atoms with Crippen LogP contribution in [-0.4, -0.2) is 15.4 Å². The van der Waals surface area contributed by atoms with Crippen LogP contribution in [0.15, 0.2) is 34.9 Å². The van der Waals surface area contributed by atoms with Gasteiger partial charge in [0, 0.05) is 29.0 Å². The second kappa shape index (κ2) is 6.28. The Balaban J connectivity index is 2.23. The van der Waals surface area contributed by atoms with Crippen LogP contribution in [-0.2, 0) is 6.54 Å². The fraction of sp³-hybridized carbons (Fsp3) is 0.154. The summed E-state index contributed by atoms with van der Waals surface area (Å²) in [6.45, 7) is 2.57. The zero-order valence-electron chi connectivity index (χ0n) is 11.0. The maximum atomic E-state index is 12.2. The molecule has 1 aromatic heterocycles. The molecule has 2 rings (SSSR count). The topological polar surface area (TPSA) is 77.2 Å². The Kier molecular flexibility index (Phi) is 4.64. The van der Waals surface area contributed by atoms with Gasteiger partial charge >= 0.3 is 0 Å². The van der Waals surface area contributed by atoms with Gasteiger partial charge in [0.25, 0.3) is 11.6 Å². The Bertz CT molecular complexity index is 715. The number of hydrogen-bond donors (Lipinski definition) is 1. The number of benzene rings is 1. The van der Waals surface area contributed by atoms with Gasteiger partial charge in [-0.3, -0.25) is 14.9 Å². The highest BCUT2D eigenvalue weighted by Gasteiger charge is 2.15. The van der Waals surface area contributed by atoms with Crippen LogP contribution in [0.2, 0.25) is 5.02 Å². The number of nitrogens with one attached hydrogen (secondary N) is 1. The molecule has 110 valence electrons. The smallest absolute Gasteiger partial charge is 0.288 e. The van der Waals surface area contributed by atoms with E-state index in [0.717, 1.165) is 4.47 Å². The Morgan fingerprint density at radius 1 is 1.48 bits per heavy atom. The molecule has 0 aliphatic rings. The number of amides is 1. The zero-order valence-corrected chi connectivity index (χ0v) is 13.3. The minimum absolute atomic E-state index is 0.0233. The number of carbonyl (C=O) groups is 1. The standard InChI is InChI=1S/C13H11BrClN3O3/c1-2-17-7-8(14)5-12(17)13(19)16-9-3-4-11(18(20)21)10(15)6-9/h3-7H,2H2,1H3,(H,16,19). The largest absolute Gasteiger partial charge is 0.343 e. The molecule has 1 N–H and O–H groups in total. The SMILES string of the molecule is CCn1cc(Br)cc1C(=O)Nc1ccc([N+](=O)[O-])c(Cl)c1. The first kappa shape index (κ1) is 15.5. The summed E-state index contributed by atoms with van der Waals surface area (Å²) in [4.78, 5) is 22.3. The first-order chi connectivity index (χ1) is 9.92. The molecule has 0 radical (unpaired) electrons. The molecule has 0 saturated heterocycles. The monoisotopic (exact) mass is 371 g/mol. The van der Waals surface area contributed by atoms with E-state index in [4.69, 9.17) is 11.6 Å². The number of rotatable bonds is 4. The van der Waals surface area contributed by atoms with Gasteiger partial charge in [-0.2, -0.15) is 0 Å². The summed E-state index contributed by atoms with van der Waals surface area (Å²) in [5.41, 5.74) is 0.684.